The van der Waals surface area contributed by atoms with E-state index in [2.05, 4.69) is 15.1 Å². The fourth-order valence-corrected chi connectivity index (χ4v) is 4.64. The van der Waals surface area contributed by atoms with Crippen LogP contribution in [0.1, 0.15) is 31.4 Å². The third-order valence-corrected chi connectivity index (χ3v) is 6.38. The highest BCUT2D eigenvalue weighted by Gasteiger charge is 2.53. The Balaban J connectivity index is 1.42. The zero-order valence-electron chi connectivity index (χ0n) is 16.9. The number of aryl methyl sites for hydroxylation is 1. The van der Waals surface area contributed by atoms with Crippen molar-refractivity contribution in [1.82, 2.24) is 24.6 Å². The lowest BCUT2D eigenvalue weighted by atomic mass is 9.82. The van der Waals surface area contributed by atoms with Crippen molar-refractivity contribution >= 4 is 5.91 Å². The number of carbonyl (C=O) groups is 1. The molecule has 4 rings (SSSR count). The lowest BCUT2D eigenvalue weighted by Crippen LogP contribution is -2.38. The summed E-state index contributed by atoms with van der Waals surface area (Å²) in [4.78, 5) is 16.5. The van der Waals surface area contributed by atoms with Gasteiger partial charge in [0.2, 0.25) is 11.8 Å². The smallest absolute Gasteiger partial charge is 0.264 e. The van der Waals surface area contributed by atoms with E-state index in [0.717, 1.165) is 37.4 Å². The van der Waals surface area contributed by atoms with Gasteiger partial charge in [-0.2, -0.15) is 0 Å². The summed E-state index contributed by atoms with van der Waals surface area (Å²) >= 11 is 0. The van der Waals surface area contributed by atoms with Crippen LogP contribution in [0.15, 0.2) is 16.5 Å². The molecular weight excluding hydrogens is 358 g/mol. The third-order valence-electron chi connectivity index (χ3n) is 6.38. The average Bonchev–Trinajstić information content (AvgIpc) is 3.40. The van der Waals surface area contributed by atoms with Crippen LogP contribution in [-0.2, 0) is 18.4 Å². The number of hydrogen-bond donors (Lipinski definition) is 1. The van der Waals surface area contributed by atoms with E-state index in [1.54, 1.807) is 0 Å². The third kappa shape index (κ3) is 3.24. The maximum absolute atomic E-state index is 12.3. The second-order valence-electron chi connectivity index (χ2n) is 8.33. The Morgan fingerprint density at radius 1 is 1.32 bits per heavy atom. The molecule has 0 spiro atoms. The Morgan fingerprint density at radius 3 is 2.79 bits per heavy atom. The maximum atomic E-state index is 12.3. The molecule has 0 bridgehead atoms. The zero-order chi connectivity index (χ0) is 19.9. The summed E-state index contributed by atoms with van der Waals surface area (Å²) in [6, 6.07) is 4.01. The van der Waals surface area contributed by atoms with Crippen LogP contribution < -0.4 is 0 Å². The number of hydrogen-bond acceptors (Lipinski definition) is 6. The first-order valence-electron chi connectivity index (χ1n) is 10.0. The van der Waals surface area contributed by atoms with Gasteiger partial charge in [0.15, 0.2) is 0 Å². The van der Waals surface area contributed by atoms with E-state index >= 15 is 0 Å². The van der Waals surface area contributed by atoms with Gasteiger partial charge in [-0.1, -0.05) is 6.92 Å². The molecule has 2 aliphatic heterocycles. The molecule has 2 aromatic heterocycles. The van der Waals surface area contributed by atoms with Gasteiger partial charge in [0.1, 0.15) is 5.69 Å². The van der Waals surface area contributed by atoms with E-state index < -0.39 is 0 Å². The first kappa shape index (κ1) is 19.1. The van der Waals surface area contributed by atoms with Gasteiger partial charge in [0, 0.05) is 50.8 Å². The minimum Gasteiger partial charge on any atom is -0.418 e. The van der Waals surface area contributed by atoms with E-state index in [1.807, 2.05) is 42.5 Å². The summed E-state index contributed by atoms with van der Waals surface area (Å²) in [6.07, 6.45) is 1.44. The highest BCUT2D eigenvalue weighted by atomic mass is 16.4. The molecule has 1 amide bonds. The fraction of sp³-hybridized carbons (Fsp3) is 0.650. The summed E-state index contributed by atoms with van der Waals surface area (Å²) in [7, 11) is 1.98. The van der Waals surface area contributed by atoms with Crippen molar-refractivity contribution in [3.05, 3.63) is 23.7 Å². The number of aliphatic hydroxyl groups excluding tert-OH is 1. The van der Waals surface area contributed by atoms with Crippen molar-refractivity contribution in [1.29, 1.82) is 0 Å². The van der Waals surface area contributed by atoms with Gasteiger partial charge in [-0.05, 0) is 31.4 Å². The van der Waals surface area contributed by atoms with Gasteiger partial charge in [-0.3, -0.25) is 9.69 Å². The molecule has 28 heavy (non-hydrogen) atoms. The SMILES string of the molecule is CCCC(=O)N1C[C@@H]2CN(Cc3nnc(-c4ccc(C)n4C)o3)C[C@]2(CO)C1. The number of aromatic nitrogens is 3. The maximum Gasteiger partial charge on any atom is 0.264 e. The van der Waals surface area contributed by atoms with Gasteiger partial charge < -0.3 is 19.0 Å². The van der Waals surface area contributed by atoms with Crippen LogP contribution in [-0.4, -0.2) is 68.4 Å². The number of rotatable bonds is 6. The average molecular weight is 387 g/mol. The molecule has 8 heteroatoms. The molecule has 1 N–H and O–H groups in total. The van der Waals surface area contributed by atoms with Crippen molar-refractivity contribution < 1.29 is 14.3 Å². The van der Waals surface area contributed by atoms with Crippen LogP contribution >= 0.6 is 0 Å². The van der Waals surface area contributed by atoms with E-state index in [-0.39, 0.29) is 23.8 Å². The molecule has 2 saturated heterocycles. The van der Waals surface area contributed by atoms with Crippen LogP contribution in [0.4, 0.5) is 0 Å². The Morgan fingerprint density at radius 2 is 2.14 bits per heavy atom. The summed E-state index contributed by atoms with van der Waals surface area (Å²) in [5, 5.41) is 18.5. The largest absolute Gasteiger partial charge is 0.418 e. The fourth-order valence-electron chi connectivity index (χ4n) is 4.64. The molecule has 0 unspecified atom stereocenters. The molecule has 0 aromatic carbocycles. The predicted molar refractivity (Wildman–Crippen MR) is 103 cm³/mol. The molecule has 8 nitrogen and oxygen atoms in total. The van der Waals surface area contributed by atoms with Crippen LogP contribution in [0, 0.1) is 18.3 Å². The molecule has 2 aliphatic rings. The molecule has 2 fully saturated rings. The number of carbonyl (C=O) groups excluding carboxylic acids is 1. The first-order chi connectivity index (χ1) is 13.5. The summed E-state index contributed by atoms with van der Waals surface area (Å²) in [6.45, 7) is 7.66. The van der Waals surface area contributed by atoms with Crippen molar-refractivity contribution in [2.24, 2.45) is 18.4 Å². The number of fused-ring (bicyclic) bond motifs is 1. The number of amides is 1. The number of aliphatic hydroxyl groups is 1. The van der Waals surface area contributed by atoms with Gasteiger partial charge in [0.05, 0.1) is 13.2 Å². The predicted octanol–water partition coefficient (Wildman–Crippen LogP) is 1.44. The van der Waals surface area contributed by atoms with E-state index in [9.17, 15) is 9.90 Å². The second-order valence-corrected chi connectivity index (χ2v) is 8.33. The molecule has 2 atom stereocenters. The molecule has 0 radical (unpaired) electrons. The van der Waals surface area contributed by atoms with Crippen molar-refractivity contribution in [3.8, 4) is 11.6 Å². The molecule has 152 valence electrons. The van der Waals surface area contributed by atoms with Crippen LogP contribution in [0.25, 0.3) is 11.6 Å². The van der Waals surface area contributed by atoms with E-state index in [1.165, 1.54) is 0 Å². The number of likely N-dealkylation sites (tertiary alicyclic amines) is 2. The van der Waals surface area contributed by atoms with Crippen molar-refractivity contribution in [2.45, 2.75) is 33.2 Å². The highest BCUT2D eigenvalue weighted by Crippen LogP contribution is 2.42. The molecule has 0 aliphatic carbocycles. The van der Waals surface area contributed by atoms with Gasteiger partial charge in [-0.15, -0.1) is 10.2 Å². The normalized spacial score (nSPS) is 24.9. The summed E-state index contributed by atoms with van der Waals surface area (Å²) in [5.74, 6) is 1.60. The summed E-state index contributed by atoms with van der Waals surface area (Å²) in [5.41, 5.74) is 1.81. The standard InChI is InChI=1S/C20H29N5O3/c1-4-5-18(27)25-9-15-8-24(11-20(15,12-25)13-26)10-17-21-22-19(28-17)16-7-6-14(2)23(16)3/h6-7,15,26H,4-5,8-13H2,1-3H3/t15-,20+/m0/s1. The Hall–Kier alpha value is -2.19. The molecule has 4 heterocycles. The van der Waals surface area contributed by atoms with Gasteiger partial charge >= 0.3 is 0 Å². The minimum absolute atomic E-state index is 0.0990. The Kier molecular flexibility index (Phi) is 5.01. The van der Waals surface area contributed by atoms with Crippen LogP contribution in [0.5, 0.6) is 0 Å². The van der Waals surface area contributed by atoms with Crippen molar-refractivity contribution in [3.63, 3.8) is 0 Å². The molecule has 2 aromatic rings. The Bertz CT molecular complexity index is 860. The highest BCUT2D eigenvalue weighted by molar-refractivity contribution is 5.76. The van der Waals surface area contributed by atoms with Crippen molar-refractivity contribution in [2.75, 3.05) is 32.8 Å². The topological polar surface area (TPSA) is 87.6 Å². The van der Waals surface area contributed by atoms with Gasteiger partial charge in [-0.25, -0.2) is 0 Å². The monoisotopic (exact) mass is 387 g/mol. The second kappa shape index (κ2) is 7.33. The first-order valence-corrected chi connectivity index (χ1v) is 10.0. The Labute approximate surface area is 165 Å². The van der Waals surface area contributed by atoms with Gasteiger partial charge in [0.25, 0.3) is 5.89 Å². The quantitative estimate of drug-likeness (QED) is 0.807. The lowest BCUT2D eigenvalue weighted by molar-refractivity contribution is -0.130. The molecular formula is C20H29N5O3. The lowest BCUT2D eigenvalue weighted by Gasteiger charge is -2.27. The minimum atomic E-state index is -0.235. The van der Waals surface area contributed by atoms with Crippen LogP contribution in [0.2, 0.25) is 0 Å². The van der Waals surface area contributed by atoms with E-state index in [0.29, 0.717) is 31.3 Å². The number of nitrogens with zero attached hydrogens (tertiary/aromatic N) is 5. The van der Waals surface area contributed by atoms with E-state index in [4.69, 9.17) is 4.42 Å². The molecule has 0 saturated carbocycles. The summed E-state index contributed by atoms with van der Waals surface area (Å²) < 4.78 is 7.92. The zero-order valence-corrected chi connectivity index (χ0v) is 16.9. The van der Waals surface area contributed by atoms with Crippen LogP contribution in [0.3, 0.4) is 0 Å².